The molecule has 33 heavy (non-hydrogen) atoms. The Morgan fingerprint density at radius 1 is 1.21 bits per heavy atom. The van der Waals surface area contributed by atoms with E-state index in [9.17, 15) is 22.8 Å². The Morgan fingerprint density at radius 3 is 2.61 bits per heavy atom. The Hall–Kier alpha value is -2.88. The molecule has 3 rings (SSSR count). The van der Waals surface area contributed by atoms with Crippen LogP contribution in [0, 0.1) is 17.0 Å². The Morgan fingerprint density at radius 2 is 1.94 bits per heavy atom. The molecule has 2 N–H and O–H groups in total. The predicted octanol–water partition coefficient (Wildman–Crippen LogP) is 2.89. The molecule has 0 saturated heterocycles. The fourth-order valence-electron chi connectivity index (χ4n) is 3.92. The molecule has 10 heteroatoms. The number of carbonyl (C=O) groups excluding carboxylic acids is 2. The highest BCUT2D eigenvalue weighted by molar-refractivity contribution is 5.98. The van der Waals surface area contributed by atoms with Crippen molar-refractivity contribution in [2.45, 2.75) is 46.3 Å². The molecule has 1 aliphatic rings. The summed E-state index contributed by atoms with van der Waals surface area (Å²) in [6.07, 6.45) is 0.737. The van der Waals surface area contributed by atoms with Gasteiger partial charge in [-0.3, -0.25) is 9.59 Å². The molecule has 1 atom stereocenters. The standard InChI is InChI=1S/C23H30F3N5O2/c1-23(2,3)19(22(33)27-9-8-24)29-21(32)18-17-13-30(4)10-5-11-31(17)20(28-18)15-12-14(25)6-7-16(15)26/h6-7,12,19H,5,8-11,13H2,1-4H3,(H,27,33)(H,29,32). The minimum absolute atomic E-state index is 0.0343. The lowest BCUT2D eigenvalue weighted by atomic mass is 9.86. The quantitative estimate of drug-likeness (QED) is 0.688. The van der Waals surface area contributed by atoms with Crippen molar-refractivity contribution in [1.82, 2.24) is 25.1 Å². The van der Waals surface area contributed by atoms with Gasteiger partial charge in [-0.1, -0.05) is 20.8 Å². The number of nitrogens with one attached hydrogen (secondary N) is 2. The number of alkyl halides is 1. The van der Waals surface area contributed by atoms with Crippen molar-refractivity contribution < 1.29 is 22.8 Å². The van der Waals surface area contributed by atoms with Gasteiger partial charge in [-0.15, -0.1) is 0 Å². The van der Waals surface area contributed by atoms with Crippen molar-refractivity contribution in [3.05, 3.63) is 41.2 Å². The molecule has 2 heterocycles. The van der Waals surface area contributed by atoms with Crippen LogP contribution in [-0.2, 0) is 17.9 Å². The van der Waals surface area contributed by atoms with Crippen molar-refractivity contribution in [3.8, 4) is 11.4 Å². The summed E-state index contributed by atoms with van der Waals surface area (Å²) in [5, 5.41) is 5.19. The van der Waals surface area contributed by atoms with Crippen molar-refractivity contribution in [2.24, 2.45) is 5.41 Å². The van der Waals surface area contributed by atoms with E-state index in [1.54, 1.807) is 25.3 Å². The lowest BCUT2D eigenvalue weighted by molar-refractivity contribution is -0.125. The molecule has 7 nitrogen and oxygen atoms in total. The number of carbonyl (C=O) groups is 2. The normalized spacial score (nSPS) is 15.5. The van der Waals surface area contributed by atoms with Gasteiger partial charge in [0.2, 0.25) is 5.91 Å². The molecule has 0 fully saturated rings. The third-order valence-corrected chi connectivity index (χ3v) is 5.60. The summed E-state index contributed by atoms with van der Waals surface area (Å²) >= 11 is 0. The largest absolute Gasteiger partial charge is 0.352 e. The highest BCUT2D eigenvalue weighted by Gasteiger charge is 2.35. The summed E-state index contributed by atoms with van der Waals surface area (Å²) in [6, 6.07) is 2.16. The van der Waals surface area contributed by atoms with E-state index in [4.69, 9.17) is 0 Å². The number of rotatable bonds is 6. The molecule has 0 bridgehead atoms. The van der Waals surface area contributed by atoms with Gasteiger partial charge >= 0.3 is 0 Å². The Labute approximate surface area is 191 Å². The topological polar surface area (TPSA) is 79.3 Å². The number of nitrogens with zero attached hydrogens (tertiary/aromatic N) is 3. The molecule has 2 amide bonds. The number of amides is 2. The van der Waals surface area contributed by atoms with E-state index < -0.39 is 41.6 Å². The summed E-state index contributed by atoms with van der Waals surface area (Å²) in [4.78, 5) is 32.4. The van der Waals surface area contributed by atoms with Gasteiger partial charge in [-0.05, 0) is 43.6 Å². The third kappa shape index (κ3) is 5.55. The molecule has 180 valence electrons. The van der Waals surface area contributed by atoms with Gasteiger partial charge < -0.3 is 20.1 Å². The van der Waals surface area contributed by atoms with Crippen molar-refractivity contribution in [3.63, 3.8) is 0 Å². The molecule has 2 aromatic rings. The van der Waals surface area contributed by atoms with Crippen LogP contribution in [0.2, 0.25) is 0 Å². The molecule has 1 aliphatic heterocycles. The average Bonchev–Trinajstić information content (AvgIpc) is 2.97. The molecular formula is C23H30F3N5O2. The summed E-state index contributed by atoms with van der Waals surface area (Å²) < 4.78 is 42.8. The fraction of sp³-hybridized carbons (Fsp3) is 0.522. The lowest BCUT2D eigenvalue weighted by Crippen LogP contribution is -2.54. The van der Waals surface area contributed by atoms with Crippen LogP contribution in [0.25, 0.3) is 11.4 Å². The number of fused-ring (bicyclic) bond motifs is 1. The number of hydrogen-bond donors (Lipinski definition) is 2. The van der Waals surface area contributed by atoms with E-state index in [0.717, 1.165) is 31.2 Å². The second-order valence-electron chi connectivity index (χ2n) is 9.35. The minimum Gasteiger partial charge on any atom is -0.352 e. The molecule has 0 aliphatic carbocycles. The molecule has 1 aromatic heterocycles. The predicted molar refractivity (Wildman–Crippen MR) is 118 cm³/mol. The maximum Gasteiger partial charge on any atom is 0.272 e. The number of halogens is 3. The van der Waals surface area contributed by atoms with E-state index in [2.05, 4.69) is 15.6 Å². The van der Waals surface area contributed by atoms with Gasteiger partial charge in [0.15, 0.2) is 5.69 Å². The minimum atomic E-state index is -0.952. The number of hydrogen-bond acceptors (Lipinski definition) is 4. The highest BCUT2D eigenvalue weighted by Crippen LogP contribution is 2.29. The first-order valence-electron chi connectivity index (χ1n) is 10.9. The number of imidazole rings is 1. The average molecular weight is 466 g/mol. The molecule has 1 unspecified atom stereocenters. The number of aromatic nitrogens is 2. The lowest BCUT2D eigenvalue weighted by Gasteiger charge is -2.30. The van der Waals surface area contributed by atoms with E-state index in [1.165, 1.54) is 0 Å². The molecule has 1 aromatic carbocycles. The first-order chi connectivity index (χ1) is 15.5. The zero-order chi connectivity index (χ0) is 24.3. The van der Waals surface area contributed by atoms with Crippen LogP contribution in [0.15, 0.2) is 18.2 Å². The van der Waals surface area contributed by atoms with Gasteiger partial charge in [0, 0.05) is 19.6 Å². The molecule has 0 saturated carbocycles. The maximum atomic E-state index is 14.6. The van der Waals surface area contributed by atoms with E-state index in [0.29, 0.717) is 18.8 Å². The van der Waals surface area contributed by atoms with Gasteiger partial charge in [0.25, 0.3) is 5.91 Å². The van der Waals surface area contributed by atoms with Crippen LogP contribution in [0.1, 0.15) is 43.4 Å². The summed E-state index contributed by atoms with van der Waals surface area (Å²) in [7, 11) is 1.90. The Bertz CT molecular complexity index is 1030. The monoisotopic (exact) mass is 465 g/mol. The van der Waals surface area contributed by atoms with Crippen LogP contribution < -0.4 is 10.6 Å². The molecule has 0 radical (unpaired) electrons. The van der Waals surface area contributed by atoms with Crippen molar-refractivity contribution in [1.29, 1.82) is 0 Å². The molecule has 0 spiro atoms. The first kappa shape index (κ1) is 24.8. The van der Waals surface area contributed by atoms with Gasteiger partial charge in [-0.2, -0.15) is 0 Å². The third-order valence-electron chi connectivity index (χ3n) is 5.60. The first-order valence-corrected chi connectivity index (χ1v) is 10.9. The van der Waals surface area contributed by atoms with E-state index in [-0.39, 0.29) is 23.6 Å². The van der Waals surface area contributed by atoms with Gasteiger partial charge in [0.1, 0.15) is 30.2 Å². The van der Waals surface area contributed by atoms with Crippen molar-refractivity contribution in [2.75, 3.05) is 26.8 Å². The Balaban J connectivity index is 2.04. The van der Waals surface area contributed by atoms with Crippen LogP contribution in [0.3, 0.4) is 0 Å². The maximum absolute atomic E-state index is 14.6. The van der Waals surface area contributed by atoms with Gasteiger partial charge in [0.05, 0.1) is 11.3 Å². The summed E-state index contributed by atoms with van der Waals surface area (Å²) in [6.45, 7) is 6.07. The van der Waals surface area contributed by atoms with Crippen LogP contribution >= 0.6 is 0 Å². The zero-order valence-corrected chi connectivity index (χ0v) is 19.3. The van der Waals surface area contributed by atoms with E-state index >= 15 is 0 Å². The second kappa shape index (κ2) is 9.94. The number of benzene rings is 1. The summed E-state index contributed by atoms with van der Waals surface area (Å²) in [5.74, 6) is -2.21. The van der Waals surface area contributed by atoms with Crippen molar-refractivity contribution >= 4 is 11.8 Å². The van der Waals surface area contributed by atoms with Crippen LogP contribution in [0.4, 0.5) is 13.2 Å². The second-order valence-corrected chi connectivity index (χ2v) is 9.35. The van der Waals surface area contributed by atoms with Crippen LogP contribution in [-0.4, -0.2) is 59.1 Å². The fourth-order valence-corrected chi connectivity index (χ4v) is 3.92. The molecular weight excluding hydrogens is 435 g/mol. The van der Waals surface area contributed by atoms with E-state index in [1.807, 2.05) is 11.9 Å². The SMILES string of the molecule is CN1CCCn2c(-c3cc(F)ccc3F)nc(C(=O)NC(C(=O)NCCF)C(C)(C)C)c2C1. The Kier molecular flexibility index (Phi) is 7.46. The smallest absolute Gasteiger partial charge is 0.272 e. The van der Waals surface area contributed by atoms with Crippen LogP contribution in [0.5, 0.6) is 0 Å². The zero-order valence-electron chi connectivity index (χ0n) is 19.3. The summed E-state index contributed by atoms with van der Waals surface area (Å²) in [5.41, 5.74) is -0.0908. The van der Waals surface area contributed by atoms with Gasteiger partial charge in [-0.25, -0.2) is 18.2 Å². The highest BCUT2D eigenvalue weighted by atomic mass is 19.1.